The molecule has 1 atom stereocenters. The van der Waals surface area contributed by atoms with Crippen LogP contribution in [-0.4, -0.2) is 39.6 Å². The van der Waals surface area contributed by atoms with Crippen molar-refractivity contribution >= 4 is 5.97 Å². The quantitative estimate of drug-likeness (QED) is 0.865. The number of hydrogen-bond acceptors (Lipinski definition) is 3. The highest BCUT2D eigenvalue weighted by molar-refractivity contribution is 5.79. The van der Waals surface area contributed by atoms with Crippen LogP contribution in [0.4, 0.5) is 0 Å². The van der Waals surface area contributed by atoms with Crippen LogP contribution < -0.4 is 0 Å². The number of hydrogen-bond donors (Lipinski definition) is 1. The van der Waals surface area contributed by atoms with Crippen molar-refractivity contribution in [2.24, 2.45) is 0 Å². The molecule has 1 aromatic rings. The molecule has 4 nitrogen and oxygen atoms in total. The molecule has 2 heterocycles. The van der Waals surface area contributed by atoms with Crippen molar-refractivity contribution in [3.05, 3.63) is 30.1 Å². The molecule has 1 N–H and O–H groups in total. The van der Waals surface area contributed by atoms with Crippen LogP contribution in [0.15, 0.2) is 24.4 Å². The van der Waals surface area contributed by atoms with E-state index in [0.29, 0.717) is 6.42 Å². The summed E-state index contributed by atoms with van der Waals surface area (Å²) in [7, 11) is 0. The van der Waals surface area contributed by atoms with Gasteiger partial charge in [-0.25, -0.2) is 0 Å². The lowest BCUT2D eigenvalue weighted by molar-refractivity contribution is -0.150. The second-order valence-corrected chi connectivity index (χ2v) is 4.85. The van der Waals surface area contributed by atoms with Crippen LogP contribution in [-0.2, 0) is 11.2 Å². The standard InChI is InChI=1S/C14H20N2O2/c1-2-14(13(17)18)8-5-10-16(14)11-7-12-6-3-4-9-15-12/h3-4,6,9H,2,5,7-8,10-11H2,1H3,(H,17,18). The summed E-state index contributed by atoms with van der Waals surface area (Å²) >= 11 is 0. The Kier molecular flexibility index (Phi) is 3.97. The van der Waals surface area contributed by atoms with Gasteiger partial charge in [0.25, 0.3) is 0 Å². The molecule has 2 rings (SSSR count). The van der Waals surface area contributed by atoms with E-state index in [2.05, 4.69) is 9.88 Å². The third-order valence-corrected chi connectivity index (χ3v) is 3.97. The van der Waals surface area contributed by atoms with Gasteiger partial charge in [0, 0.05) is 24.9 Å². The lowest BCUT2D eigenvalue weighted by Crippen LogP contribution is -2.50. The van der Waals surface area contributed by atoms with Gasteiger partial charge in [0.05, 0.1) is 0 Å². The number of likely N-dealkylation sites (tertiary alicyclic amines) is 1. The molecule has 0 aliphatic carbocycles. The second-order valence-electron chi connectivity index (χ2n) is 4.85. The minimum Gasteiger partial charge on any atom is -0.480 e. The summed E-state index contributed by atoms with van der Waals surface area (Å²) in [4.78, 5) is 17.9. The van der Waals surface area contributed by atoms with Gasteiger partial charge in [-0.3, -0.25) is 14.7 Å². The van der Waals surface area contributed by atoms with E-state index in [9.17, 15) is 9.90 Å². The van der Waals surface area contributed by atoms with Crippen LogP contribution in [0.25, 0.3) is 0 Å². The van der Waals surface area contributed by atoms with Crippen LogP contribution in [0.3, 0.4) is 0 Å². The average Bonchev–Trinajstić information content (AvgIpc) is 2.81. The first kappa shape index (κ1) is 13.0. The molecule has 0 aromatic carbocycles. The maximum atomic E-state index is 11.5. The minimum absolute atomic E-state index is 0.644. The molecule has 1 unspecified atom stereocenters. The van der Waals surface area contributed by atoms with E-state index in [1.807, 2.05) is 25.1 Å². The summed E-state index contributed by atoms with van der Waals surface area (Å²) in [6.07, 6.45) is 5.01. The highest BCUT2D eigenvalue weighted by Crippen LogP contribution is 2.32. The minimum atomic E-state index is -0.677. The number of carbonyl (C=O) groups is 1. The largest absolute Gasteiger partial charge is 0.480 e. The first-order chi connectivity index (χ1) is 8.69. The summed E-state index contributed by atoms with van der Waals surface area (Å²) in [5.41, 5.74) is 0.384. The number of aliphatic carboxylic acids is 1. The Morgan fingerprint density at radius 2 is 2.39 bits per heavy atom. The molecule has 1 aliphatic rings. The Hall–Kier alpha value is -1.42. The van der Waals surface area contributed by atoms with Gasteiger partial charge in [0.1, 0.15) is 5.54 Å². The Morgan fingerprint density at radius 1 is 1.56 bits per heavy atom. The Balaban J connectivity index is 2.02. The van der Waals surface area contributed by atoms with E-state index >= 15 is 0 Å². The number of carboxylic acid groups (broad SMARTS) is 1. The average molecular weight is 248 g/mol. The lowest BCUT2D eigenvalue weighted by atomic mass is 9.93. The van der Waals surface area contributed by atoms with Crippen molar-refractivity contribution in [3.8, 4) is 0 Å². The third-order valence-electron chi connectivity index (χ3n) is 3.97. The Morgan fingerprint density at radius 3 is 3.00 bits per heavy atom. The van der Waals surface area contributed by atoms with E-state index in [1.54, 1.807) is 6.20 Å². The zero-order valence-electron chi connectivity index (χ0n) is 10.8. The van der Waals surface area contributed by atoms with Gasteiger partial charge < -0.3 is 5.11 Å². The van der Waals surface area contributed by atoms with Gasteiger partial charge in [0.2, 0.25) is 0 Å². The molecular formula is C14H20N2O2. The van der Waals surface area contributed by atoms with Crippen LogP contribution in [0.2, 0.25) is 0 Å². The third kappa shape index (κ3) is 2.38. The normalized spacial score (nSPS) is 24.3. The smallest absolute Gasteiger partial charge is 0.324 e. The molecule has 98 valence electrons. The number of pyridine rings is 1. The Labute approximate surface area is 108 Å². The van der Waals surface area contributed by atoms with Crippen molar-refractivity contribution in [2.45, 2.75) is 38.1 Å². The first-order valence-electron chi connectivity index (χ1n) is 6.57. The predicted molar refractivity (Wildman–Crippen MR) is 69.4 cm³/mol. The molecular weight excluding hydrogens is 228 g/mol. The number of aromatic nitrogens is 1. The highest BCUT2D eigenvalue weighted by atomic mass is 16.4. The van der Waals surface area contributed by atoms with Crippen molar-refractivity contribution in [3.63, 3.8) is 0 Å². The molecule has 18 heavy (non-hydrogen) atoms. The van der Waals surface area contributed by atoms with Gasteiger partial charge in [-0.2, -0.15) is 0 Å². The fourth-order valence-electron chi connectivity index (χ4n) is 2.85. The summed E-state index contributed by atoms with van der Waals surface area (Å²) in [6.45, 7) is 3.62. The molecule has 0 radical (unpaired) electrons. The van der Waals surface area contributed by atoms with Crippen LogP contribution in [0.1, 0.15) is 31.9 Å². The zero-order valence-corrected chi connectivity index (χ0v) is 10.8. The van der Waals surface area contributed by atoms with Crippen LogP contribution >= 0.6 is 0 Å². The number of rotatable bonds is 5. The fraction of sp³-hybridized carbons (Fsp3) is 0.571. The maximum absolute atomic E-state index is 11.5. The van der Waals surface area contributed by atoms with Crippen molar-refractivity contribution in [1.29, 1.82) is 0 Å². The highest BCUT2D eigenvalue weighted by Gasteiger charge is 2.45. The van der Waals surface area contributed by atoms with Gasteiger partial charge in [-0.15, -0.1) is 0 Å². The molecule has 1 saturated heterocycles. The van der Waals surface area contributed by atoms with Crippen molar-refractivity contribution in [1.82, 2.24) is 9.88 Å². The number of carboxylic acids is 1. The second kappa shape index (κ2) is 5.48. The molecule has 0 bridgehead atoms. The van der Waals surface area contributed by atoms with E-state index in [1.165, 1.54) is 0 Å². The van der Waals surface area contributed by atoms with Gasteiger partial charge in [-0.05, 0) is 37.9 Å². The molecule has 1 aromatic heterocycles. The van der Waals surface area contributed by atoms with E-state index < -0.39 is 11.5 Å². The van der Waals surface area contributed by atoms with Crippen molar-refractivity contribution in [2.75, 3.05) is 13.1 Å². The molecule has 0 amide bonds. The summed E-state index contributed by atoms with van der Waals surface area (Å²) < 4.78 is 0. The summed E-state index contributed by atoms with van der Waals surface area (Å²) in [6, 6.07) is 5.86. The predicted octanol–water partition coefficient (Wildman–Crippen LogP) is 1.95. The Bertz CT molecular complexity index is 408. The SMILES string of the molecule is CCC1(C(=O)O)CCCN1CCc1ccccn1. The maximum Gasteiger partial charge on any atom is 0.324 e. The molecule has 1 aliphatic heterocycles. The first-order valence-corrected chi connectivity index (χ1v) is 6.57. The zero-order chi connectivity index (χ0) is 13.0. The van der Waals surface area contributed by atoms with Crippen LogP contribution in [0, 0.1) is 0 Å². The van der Waals surface area contributed by atoms with Gasteiger partial charge in [-0.1, -0.05) is 13.0 Å². The molecule has 0 spiro atoms. The molecule has 0 saturated carbocycles. The molecule has 4 heteroatoms. The monoisotopic (exact) mass is 248 g/mol. The van der Waals surface area contributed by atoms with Gasteiger partial charge >= 0.3 is 5.97 Å². The lowest BCUT2D eigenvalue weighted by Gasteiger charge is -2.33. The fourth-order valence-corrected chi connectivity index (χ4v) is 2.85. The van der Waals surface area contributed by atoms with E-state index in [0.717, 1.165) is 38.0 Å². The van der Waals surface area contributed by atoms with E-state index in [-0.39, 0.29) is 0 Å². The van der Waals surface area contributed by atoms with Crippen molar-refractivity contribution < 1.29 is 9.90 Å². The molecule has 1 fully saturated rings. The summed E-state index contributed by atoms with van der Waals surface area (Å²) in [5.74, 6) is -0.677. The van der Waals surface area contributed by atoms with E-state index in [4.69, 9.17) is 0 Å². The van der Waals surface area contributed by atoms with Gasteiger partial charge in [0.15, 0.2) is 0 Å². The summed E-state index contributed by atoms with van der Waals surface area (Å²) in [5, 5.41) is 9.47. The number of nitrogens with zero attached hydrogens (tertiary/aromatic N) is 2. The van der Waals surface area contributed by atoms with Crippen LogP contribution in [0.5, 0.6) is 0 Å². The topological polar surface area (TPSA) is 53.4 Å².